The minimum absolute atomic E-state index is 0.00457. The zero-order valence-corrected chi connectivity index (χ0v) is 12.7. The number of carbonyl (C=O) groups is 1. The molecule has 0 aliphatic carbocycles. The average Bonchev–Trinajstić information content (AvgIpc) is 2.33. The third-order valence-corrected chi connectivity index (χ3v) is 3.15. The molecule has 6 heteroatoms. The first-order chi connectivity index (χ1) is 8.85. The first-order valence-corrected chi connectivity index (χ1v) is 6.70. The molecule has 5 nitrogen and oxygen atoms in total. The lowest BCUT2D eigenvalue weighted by Crippen LogP contribution is -2.47. The minimum Gasteiger partial charge on any atom is -0.409 e. The first-order valence-electron chi connectivity index (χ1n) is 5.90. The molecule has 0 spiro atoms. The summed E-state index contributed by atoms with van der Waals surface area (Å²) in [5.41, 5.74) is 7.09. The number of amidine groups is 1. The molecule has 0 radical (unpaired) electrons. The molecule has 0 bridgehead atoms. The van der Waals surface area contributed by atoms with Crippen LogP contribution in [-0.2, 0) is 0 Å². The number of rotatable bonds is 4. The SMILES string of the molecule is Cc1cc(Br)cc(C(=O)NC(/C(N)=N/O)C(C)C)c1. The van der Waals surface area contributed by atoms with Gasteiger partial charge in [0.05, 0.1) is 6.04 Å². The number of halogens is 1. The molecule has 1 aromatic carbocycles. The summed E-state index contributed by atoms with van der Waals surface area (Å²) >= 11 is 3.35. The predicted octanol–water partition coefficient (Wildman–Crippen LogP) is 2.26. The highest BCUT2D eigenvalue weighted by atomic mass is 79.9. The Hall–Kier alpha value is -1.56. The molecule has 4 N–H and O–H groups in total. The summed E-state index contributed by atoms with van der Waals surface area (Å²) in [4.78, 5) is 12.2. The van der Waals surface area contributed by atoms with E-state index in [0.717, 1.165) is 10.0 Å². The lowest BCUT2D eigenvalue weighted by molar-refractivity contribution is 0.0938. The van der Waals surface area contributed by atoms with E-state index in [-0.39, 0.29) is 17.7 Å². The number of nitrogens with zero attached hydrogens (tertiary/aromatic N) is 1. The molecule has 0 aliphatic rings. The van der Waals surface area contributed by atoms with Crippen molar-refractivity contribution in [3.8, 4) is 0 Å². The van der Waals surface area contributed by atoms with E-state index in [1.807, 2.05) is 26.8 Å². The summed E-state index contributed by atoms with van der Waals surface area (Å²) in [7, 11) is 0. The van der Waals surface area contributed by atoms with Crippen molar-refractivity contribution in [2.45, 2.75) is 26.8 Å². The number of benzene rings is 1. The number of oxime groups is 1. The smallest absolute Gasteiger partial charge is 0.251 e. The average molecular weight is 328 g/mol. The summed E-state index contributed by atoms with van der Waals surface area (Å²) in [5.74, 6) is -0.238. The van der Waals surface area contributed by atoms with Crippen LogP contribution < -0.4 is 11.1 Å². The van der Waals surface area contributed by atoms with Gasteiger partial charge < -0.3 is 16.3 Å². The zero-order chi connectivity index (χ0) is 14.6. The Bertz CT molecular complexity index is 480. The van der Waals surface area contributed by atoms with Crippen molar-refractivity contribution in [1.82, 2.24) is 5.32 Å². The van der Waals surface area contributed by atoms with Crippen LogP contribution in [0.3, 0.4) is 0 Å². The van der Waals surface area contributed by atoms with Crippen LogP contribution in [0.15, 0.2) is 27.8 Å². The molecule has 104 valence electrons. The van der Waals surface area contributed by atoms with Gasteiger partial charge in [-0.15, -0.1) is 0 Å². The minimum atomic E-state index is -0.503. The van der Waals surface area contributed by atoms with E-state index in [1.54, 1.807) is 12.1 Å². The van der Waals surface area contributed by atoms with Crippen LogP contribution in [0, 0.1) is 12.8 Å². The maximum absolute atomic E-state index is 12.2. The third-order valence-electron chi connectivity index (χ3n) is 2.69. The second kappa shape index (κ2) is 6.56. The fraction of sp³-hybridized carbons (Fsp3) is 0.385. The Balaban J connectivity index is 2.94. The highest BCUT2D eigenvalue weighted by Gasteiger charge is 2.21. The van der Waals surface area contributed by atoms with Gasteiger partial charge in [0.2, 0.25) is 0 Å². The van der Waals surface area contributed by atoms with E-state index >= 15 is 0 Å². The van der Waals surface area contributed by atoms with Crippen LogP contribution in [0.2, 0.25) is 0 Å². The van der Waals surface area contributed by atoms with Crippen molar-refractivity contribution in [3.05, 3.63) is 33.8 Å². The van der Waals surface area contributed by atoms with E-state index in [1.165, 1.54) is 0 Å². The molecule has 1 rings (SSSR count). The molecular formula is C13H18BrN3O2. The second-order valence-electron chi connectivity index (χ2n) is 4.74. The second-order valence-corrected chi connectivity index (χ2v) is 5.65. The van der Waals surface area contributed by atoms with Crippen molar-refractivity contribution in [2.24, 2.45) is 16.8 Å². The van der Waals surface area contributed by atoms with Crippen molar-refractivity contribution in [3.63, 3.8) is 0 Å². The predicted molar refractivity (Wildman–Crippen MR) is 78.4 cm³/mol. The summed E-state index contributed by atoms with van der Waals surface area (Å²) in [6, 6.07) is 4.92. The normalized spacial score (nSPS) is 13.4. The van der Waals surface area contributed by atoms with Crippen LogP contribution >= 0.6 is 15.9 Å². The third kappa shape index (κ3) is 4.24. The largest absolute Gasteiger partial charge is 0.409 e. The lowest BCUT2D eigenvalue weighted by atomic mass is 10.0. The van der Waals surface area contributed by atoms with E-state index in [2.05, 4.69) is 26.4 Å². The van der Waals surface area contributed by atoms with Crippen molar-refractivity contribution < 1.29 is 10.0 Å². The van der Waals surface area contributed by atoms with E-state index in [0.29, 0.717) is 5.56 Å². The number of amides is 1. The Morgan fingerprint density at radius 2 is 2.05 bits per heavy atom. The number of nitrogens with one attached hydrogen (secondary N) is 1. The van der Waals surface area contributed by atoms with Crippen LogP contribution in [0.4, 0.5) is 0 Å². The first kappa shape index (κ1) is 15.5. The molecule has 0 aromatic heterocycles. The number of hydrogen-bond acceptors (Lipinski definition) is 3. The standard InChI is InChI=1S/C13H18BrN3O2/c1-7(2)11(12(15)17-19)16-13(18)9-4-8(3)5-10(14)6-9/h4-7,11,19H,1-3H3,(H2,15,17)(H,16,18). The lowest BCUT2D eigenvalue weighted by Gasteiger charge is -2.21. The van der Waals surface area contributed by atoms with Gasteiger partial charge in [0.25, 0.3) is 5.91 Å². The van der Waals surface area contributed by atoms with Gasteiger partial charge in [0, 0.05) is 10.0 Å². The Kier molecular flexibility index (Phi) is 5.35. The maximum Gasteiger partial charge on any atom is 0.251 e. The van der Waals surface area contributed by atoms with Gasteiger partial charge in [-0.05, 0) is 36.6 Å². The Morgan fingerprint density at radius 3 is 2.53 bits per heavy atom. The van der Waals surface area contributed by atoms with Gasteiger partial charge in [0.1, 0.15) is 0 Å². The van der Waals surface area contributed by atoms with Crippen molar-refractivity contribution >= 4 is 27.7 Å². The molecule has 1 aromatic rings. The van der Waals surface area contributed by atoms with Gasteiger partial charge in [-0.1, -0.05) is 34.9 Å². The molecule has 1 amide bonds. The topological polar surface area (TPSA) is 87.7 Å². The molecule has 0 heterocycles. The molecule has 0 fully saturated rings. The molecule has 1 unspecified atom stereocenters. The molecule has 0 saturated carbocycles. The van der Waals surface area contributed by atoms with Crippen LogP contribution in [0.1, 0.15) is 29.8 Å². The van der Waals surface area contributed by atoms with Gasteiger partial charge in [0.15, 0.2) is 5.84 Å². The van der Waals surface area contributed by atoms with E-state index in [4.69, 9.17) is 10.9 Å². The summed E-state index contributed by atoms with van der Waals surface area (Å²) < 4.78 is 0.836. The number of hydrogen-bond donors (Lipinski definition) is 3. The van der Waals surface area contributed by atoms with Crippen LogP contribution in [0.5, 0.6) is 0 Å². The molecular weight excluding hydrogens is 310 g/mol. The molecule has 0 aliphatic heterocycles. The highest BCUT2D eigenvalue weighted by Crippen LogP contribution is 2.15. The monoisotopic (exact) mass is 327 g/mol. The van der Waals surface area contributed by atoms with E-state index < -0.39 is 6.04 Å². The Labute approximate surface area is 121 Å². The molecule has 1 atom stereocenters. The zero-order valence-electron chi connectivity index (χ0n) is 11.1. The van der Waals surface area contributed by atoms with Crippen LogP contribution in [0.25, 0.3) is 0 Å². The molecule has 19 heavy (non-hydrogen) atoms. The van der Waals surface area contributed by atoms with Gasteiger partial charge in [-0.25, -0.2) is 0 Å². The summed E-state index contributed by atoms with van der Waals surface area (Å²) in [6.07, 6.45) is 0. The van der Waals surface area contributed by atoms with Crippen LogP contribution in [-0.4, -0.2) is 23.0 Å². The number of nitrogens with two attached hydrogens (primary N) is 1. The fourth-order valence-electron chi connectivity index (χ4n) is 1.74. The van der Waals surface area contributed by atoms with Crippen molar-refractivity contribution in [2.75, 3.05) is 0 Å². The summed E-state index contributed by atoms with van der Waals surface area (Å²) in [5, 5.41) is 14.5. The van der Waals surface area contributed by atoms with Gasteiger partial charge in [-0.2, -0.15) is 0 Å². The van der Waals surface area contributed by atoms with Crippen molar-refractivity contribution in [1.29, 1.82) is 0 Å². The number of carbonyl (C=O) groups excluding carboxylic acids is 1. The maximum atomic E-state index is 12.2. The van der Waals surface area contributed by atoms with Gasteiger partial charge in [-0.3, -0.25) is 4.79 Å². The highest BCUT2D eigenvalue weighted by molar-refractivity contribution is 9.10. The van der Waals surface area contributed by atoms with E-state index in [9.17, 15) is 4.79 Å². The molecule has 0 saturated heterocycles. The quantitative estimate of drug-likeness (QED) is 0.343. The fourth-order valence-corrected chi connectivity index (χ4v) is 2.34. The summed E-state index contributed by atoms with van der Waals surface area (Å²) in [6.45, 7) is 5.68. The van der Waals surface area contributed by atoms with Gasteiger partial charge >= 0.3 is 0 Å². The Morgan fingerprint density at radius 1 is 1.42 bits per heavy atom. The number of aryl methyl sites for hydroxylation is 1.